The fourth-order valence-corrected chi connectivity index (χ4v) is 5.69. The number of morpholine rings is 1. The number of benzene rings is 2. The SMILES string of the molecule is N#CC(Cc1ccc(-c2ccc3oc(=O)n(CC4COCCN4C4COC4)c3c2)cc1)NC(=O)C1CNCCCO1. The summed E-state index contributed by atoms with van der Waals surface area (Å²) in [5, 5.41) is 15.7. The van der Waals surface area contributed by atoms with Crippen molar-refractivity contribution in [1.82, 2.24) is 20.1 Å². The standard InChI is InChI=1S/C30H35N5O6/c31-14-23(33-29(36)28-15-32-8-1-10-40-28)12-20-2-4-21(5-3-20)22-6-7-27-26(13-22)35(30(37)41-27)16-24-17-38-11-9-34(24)25-18-39-19-25/h2-7,13,23-25,28,32H,1,8-12,15-19H2,(H,33,36). The molecule has 3 aliphatic rings. The van der Waals surface area contributed by atoms with E-state index in [0.29, 0.717) is 64.2 Å². The van der Waals surface area contributed by atoms with Gasteiger partial charge in [-0.1, -0.05) is 30.3 Å². The van der Waals surface area contributed by atoms with Crippen molar-refractivity contribution in [3.05, 3.63) is 58.6 Å². The minimum Gasteiger partial charge on any atom is -0.408 e. The Morgan fingerprint density at radius 2 is 1.93 bits per heavy atom. The highest BCUT2D eigenvalue weighted by Crippen LogP contribution is 2.26. The van der Waals surface area contributed by atoms with Crippen LogP contribution in [-0.4, -0.2) is 92.3 Å². The van der Waals surface area contributed by atoms with Gasteiger partial charge in [0.2, 0.25) is 0 Å². The molecule has 1 amide bonds. The van der Waals surface area contributed by atoms with Gasteiger partial charge >= 0.3 is 5.76 Å². The maximum atomic E-state index is 12.8. The molecule has 41 heavy (non-hydrogen) atoms. The van der Waals surface area contributed by atoms with Crippen LogP contribution in [0.15, 0.2) is 51.7 Å². The van der Waals surface area contributed by atoms with Crippen LogP contribution in [-0.2, 0) is 32.0 Å². The molecule has 3 aliphatic heterocycles. The van der Waals surface area contributed by atoms with Crippen molar-refractivity contribution in [2.45, 2.75) is 43.6 Å². The molecule has 0 aliphatic carbocycles. The number of rotatable bonds is 8. The molecule has 0 radical (unpaired) electrons. The van der Waals surface area contributed by atoms with Gasteiger partial charge in [0.25, 0.3) is 5.91 Å². The molecule has 2 N–H and O–H groups in total. The van der Waals surface area contributed by atoms with Crippen LogP contribution in [0.5, 0.6) is 0 Å². The molecular weight excluding hydrogens is 526 g/mol. The van der Waals surface area contributed by atoms with Crippen molar-refractivity contribution < 1.29 is 23.4 Å². The van der Waals surface area contributed by atoms with Crippen LogP contribution in [0, 0.1) is 11.3 Å². The molecule has 0 spiro atoms. The van der Waals surface area contributed by atoms with Gasteiger partial charge in [0.05, 0.1) is 50.1 Å². The Bertz CT molecular complexity index is 1450. The van der Waals surface area contributed by atoms with Gasteiger partial charge in [-0.3, -0.25) is 14.3 Å². The highest BCUT2D eigenvalue weighted by molar-refractivity contribution is 5.82. The van der Waals surface area contributed by atoms with Gasteiger partial charge < -0.3 is 29.3 Å². The largest absolute Gasteiger partial charge is 0.420 e. The van der Waals surface area contributed by atoms with Crippen molar-refractivity contribution in [3.63, 3.8) is 0 Å². The van der Waals surface area contributed by atoms with Gasteiger partial charge in [0.1, 0.15) is 12.1 Å². The predicted molar refractivity (Wildman–Crippen MR) is 150 cm³/mol. The van der Waals surface area contributed by atoms with Crippen LogP contribution in [0.2, 0.25) is 0 Å². The third-order valence-corrected chi connectivity index (χ3v) is 8.06. The zero-order valence-corrected chi connectivity index (χ0v) is 22.9. The fraction of sp³-hybridized carbons (Fsp3) is 0.500. The van der Waals surface area contributed by atoms with Crippen molar-refractivity contribution in [1.29, 1.82) is 5.26 Å². The van der Waals surface area contributed by atoms with Crippen LogP contribution in [0.1, 0.15) is 12.0 Å². The second kappa shape index (κ2) is 12.5. The summed E-state index contributed by atoms with van der Waals surface area (Å²) in [6.45, 7) is 5.75. The Hall–Kier alpha value is -3.53. The summed E-state index contributed by atoms with van der Waals surface area (Å²) in [7, 11) is 0. The molecule has 11 nitrogen and oxygen atoms in total. The summed E-state index contributed by atoms with van der Waals surface area (Å²) in [5.41, 5.74) is 4.14. The van der Waals surface area contributed by atoms with Crippen LogP contribution in [0.4, 0.5) is 0 Å². The highest BCUT2D eigenvalue weighted by atomic mass is 16.5. The normalized spacial score (nSPS) is 22.9. The van der Waals surface area contributed by atoms with Gasteiger partial charge in [-0.2, -0.15) is 5.26 Å². The van der Waals surface area contributed by atoms with Gasteiger partial charge in [-0.15, -0.1) is 0 Å². The molecule has 0 saturated carbocycles. The van der Waals surface area contributed by atoms with Crippen molar-refractivity contribution in [3.8, 4) is 17.2 Å². The van der Waals surface area contributed by atoms with E-state index in [1.807, 2.05) is 42.5 Å². The molecule has 4 heterocycles. The van der Waals surface area contributed by atoms with E-state index in [1.165, 1.54) is 0 Å². The molecule has 3 saturated heterocycles. The molecule has 3 atom stereocenters. The monoisotopic (exact) mass is 561 g/mol. The lowest BCUT2D eigenvalue weighted by Crippen LogP contribution is -2.59. The Morgan fingerprint density at radius 1 is 1.10 bits per heavy atom. The number of nitrogens with one attached hydrogen (secondary N) is 2. The smallest absolute Gasteiger partial charge is 0.408 e. The first-order valence-corrected chi connectivity index (χ1v) is 14.3. The number of hydrogen-bond donors (Lipinski definition) is 2. The summed E-state index contributed by atoms with van der Waals surface area (Å²) < 4.78 is 24.0. The van der Waals surface area contributed by atoms with E-state index in [-0.39, 0.29) is 17.7 Å². The van der Waals surface area contributed by atoms with Gasteiger partial charge in [-0.05, 0) is 41.8 Å². The van der Waals surface area contributed by atoms with Gasteiger partial charge in [-0.25, -0.2) is 4.79 Å². The quantitative estimate of drug-likeness (QED) is 0.418. The van der Waals surface area contributed by atoms with E-state index in [2.05, 4.69) is 21.6 Å². The third kappa shape index (κ3) is 6.22. The van der Waals surface area contributed by atoms with Crippen molar-refractivity contribution in [2.24, 2.45) is 0 Å². The summed E-state index contributed by atoms with van der Waals surface area (Å²) in [5.74, 6) is -0.650. The Kier molecular flexibility index (Phi) is 8.46. The Labute approximate surface area is 237 Å². The molecule has 216 valence electrons. The second-order valence-electron chi connectivity index (χ2n) is 10.8. The number of aromatic nitrogens is 1. The van der Waals surface area contributed by atoms with E-state index in [0.717, 1.165) is 41.7 Å². The first-order valence-electron chi connectivity index (χ1n) is 14.3. The number of carbonyl (C=O) groups is 1. The van der Waals surface area contributed by atoms with E-state index in [4.69, 9.17) is 18.6 Å². The number of nitrogens with zero attached hydrogens (tertiary/aromatic N) is 3. The summed E-state index contributed by atoms with van der Waals surface area (Å²) in [4.78, 5) is 27.8. The van der Waals surface area contributed by atoms with E-state index in [1.54, 1.807) is 4.57 Å². The average molecular weight is 562 g/mol. The number of carbonyl (C=O) groups excluding carboxylic acids is 1. The number of hydrogen-bond acceptors (Lipinski definition) is 9. The van der Waals surface area contributed by atoms with Crippen LogP contribution < -0.4 is 16.4 Å². The maximum absolute atomic E-state index is 12.8. The van der Waals surface area contributed by atoms with E-state index < -0.39 is 12.1 Å². The fourth-order valence-electron chi connectivity index (χ4n) is 5.69. The third-order valence-electron chi connectivity index (χ3n) is 8.06. The van der Waals surface area contributed by atoms with Crippen LogP contribution in [0.25, 0.3) is 22.2 Å². The molecule has 0 bridgehead atoms. The lowest BCUT2D eigenvalue weighted by atomic mass is 10.0. The zero-order chi connectivity index (χ0) is 28.2. The molecule has 3 unspecified atom stereocenters. The molecule has 11 heteroatoms. The minimum atomic E-state index is -0.660. The zero-order valence-electron chi connectivity index (χ0n) is 22.9. The molecule has 1 aromatic heterocycles. The number of nitriles is 1. The first kappa shape index (κ1) is 27.6. The molecule has 6 rings (SSSR count). The minimum absolute atomic E-state index is 0.0676. The average Bonchev–Trinajstić information content (AvgIpc) is 3.11. The second-order valence-corrected chi connectivity index (χ2v) is 10.8. The number of oxazole rings is 1. The van der Waals surface area contributed by atoms with Gasteiger partial charge in [0.15, 0.2) is 5.58 Å². The Morgan fingerprint density at radius 3 is 2.71 bits per heavy atom. The van der Waals surface area contributed by atoms with E-state index in [9.17, 15) is 14.9 Å². The van der Waals surface area contributed by atoms with Crippen LogP contribution in [0.3, 0.4) is 0 Å². The number of ether oxygens (including phenoxy) is 3. The molecule has 3 aromatic rings. The lowest BCUT2D eigenvalue weighted by molar-refractivity contribution is -0.132. The topological polar surface area (TPSA) is 131 Å². The van der Waals surface area contributed by atoms with Crippen molar-refractivity contribution in [2.75, 3.05) is 52.7 Å². The van der Waals surface area contributed by atoms with Gasteiger partial charge in [0, 0.05) is 32.7 Å². The highest BCUT2D eigenvalue weighted by Gasteiger charge is 2.34. The first-order chi connectivity index (χ1) is 20.1. The summed E-state index contributed by atoms with van der Waals surface area (Å²) in [6, 6.07) is 15.6. The maximum Gasteiger partial charge on any atom is 0.420 e. The van der Waals surface area contributed by atoms with Crippen LogP contribution >= 0.6 is 0 Å². The lowest BCUT2D eigenvalue weighted by Gasteiger charge is -2.44. The summed E-state index contributed by atoms with van der Waals surface area (Å²) >= 11 is 0. The predicted octanol–water partition coefficient (Wildman–Crippen LogP) is 1.29. The molecule has 2 aromatic carbocycles. The Balaban J connectivity index is 1.15. The van der Waals surface area contributed by atoms with Crippen molar-refractivity contribution >= 4 is 17.0 Å². The number of fused-ring (bicyclic) bond motifs is 1. The number of amides is 1. The van der Waals surface area contributed by atoms with E-state index >= 15 is 0 Å². The molecular formula is C30H35N5O6. The summed E-state index contributed by atoms with van der Waals surface area (Å²) in [6.07, 6.45) is 0.648. The molecule has 3 fully saturated rings.